The minimum atomic E-state index is -0.936. The standard InChI is InChI=1S/C42H24S/c1-2-13-38-34(9-1)36-12-5-11-35-33(22-23-39(43-38)42(35)36)32-10-4-8-28-24-29(18-20-30(28)32)31-19-16-27-15-14-25-6-3-7-26-17-21-37(31)41(27)40(25)26/h1-24H/i1D,2D,3D,4D,5D,6D,7D,8D,9D,10D,11D,12D,13D,14D,15D,16D,17D,18D,19D,20D,21D,22D,23D,24D. The second-order valence-corrected chi connectivity index (χ2v) is 10.8. The zero-order chi connectivity index (χ0) is 49.0. The van der Waals surface area contributed by atoms with Crippen LogP contribution in [0.15, 0.2) is 155 Å². The van der Waals surface area contributed by atoms with Gasteiger partial charge in [-0.3, -0.25) is 0 Å². The molecular formula is C42H24S. The van der Waals surface area contributed by atoms with Gasteiger partial charge in [0.2, 0.25) is 0 Å². The predicted molar refractivity (Wildman–Crippen MR) is 186 cm³/mol. The first-order valence-electron chi connectivity index (χ1n) is 24.9. The van der Waals surface area contributed by atoms with Crippen LogP contribution in [0.2, 0.25) is 0 Å². The molecule has 1 heterocycles. The molecule has 0 unspecified atom stereocenters. The fourth-order valence-corrected chi connectivity index (χ4v) is 6.61. The molecule has 1 aliphatic heterocycles. The van der Waals surface area contributed by atoms with E-state index in [1.54, 1.807) is 0 Å². The molecule has 0 nitrogen and oxygen atoms in total. The average Bonchev–Trinajstić information content (AvgIpc) is 3.29. The first-order valence-corrected chi connectivity index (χ1v) is 13.7. The normalized spacial score (nSPS) is 20.4. The van der Waals surface area contributed by atoms with Gasteiger partial charge in [-0.2, -0.15) is 0 Å². The molecule has 0 spiro atoms. The Labute approximate surface area is 287 Å². The number of hydrogen-bond acceptors (Lipinski definition) is 1. The molecule has 0 saturated heterocycles. The molecule has 0 fully saturated rings. The first kappa shape index (κ1) is 10.3. The maximum Gasteiger partial charge on any atom is 0.0636 e. The largest absolute Gasteiger partial charge is 0.0888 e. The Hall–Kier alpha value is -5.11. The molecule has 0 aromatic heterocycles. The highest BCUT2D eigenvalue weighted by molar-refractivity contribution is 7.99. The molecule has 1 heteroatoms. The van der Waals surface area contributed by atoms with Gasteiger partial charge in [-0.15, -0.1) is 0 Å². The van der Waals surface area contributed by atoms with Crippen molar-refractivity contribution in [2.75, 3.05) is 0 Å². The second kappa shape index (κ2) is 8.70. The van der Waals surface area contributed by atoms with Gasteiger partial charge < -0.3 is 0 Å². The van der Waals surface area contributed by atoms with E-state index in [0.717, 1.165) is 0 Å². The van der Waals surface area contributed by atoms with Crippen molar-refractivity contribution in [3.05, 3.63) is 145 Å². The lowest BCUT2D eigenvalue weighted by Gasteiger charge is -2.22. The second-order valence-electron chi connectivity index (χ2n) is 9.76. The van der Waals surface area contributed by atoms with Crippen LogP contribution in [0.25, 0.3) is 87.2 Å². The lowest BCUT2D eigenvalue weighted by Crippen LogP contribution is -1.94. The zero-order valence-corrected chi connectivity index (χ0v) is 22.2. The number of fused-ring (bicyclic) bond motifs is 3. The molecule has 0 aliphatic carbocycles. The molecule has 0 saturated carbocycles. The molecular weight excluding hydrogens is 537 g/mol. The van der Waals surface area contributed by atoms with Gasteiger partial charge in [0.1, 0.15) is 0 Å². The minimum absolute atomic E-state index is 0.117. The van der Waals surface area contributed by atoms with E-state index >= 15 is 0 Å². The monoisotopic (exact) mass is 584 g/mol. The number of benzene rings is 9. The van der Waals surface area contributed by atoms with E-state index in [4.69, 9.17) is 20.6 Å². The van der Waals surface area contributed by atoms with Crippen molar-refractivity contribution >= 4 is 65.6 Å². The molecule has 1 aliphatic rings. The summed E-state index contributed by atoms with van der Waals surface area (Å²) in [6.07, 6.45) is 0. The van der Waals surface area contributed by atoms with E-state index in [1.165, 1.54) is 0 Å². The van der Waals surface area contributed by atoms with Crippen LogP contribution < -0.4 is 0 Å². The van der Waals surface area contributed by atoms with Crippen LogP contribution in [0, 0.1) is 0 Å². The van der Waals surface area contributed by atoms with E-state index in [-0.39, 0.29) is 47.8 Å². The Morgan fingerprint density at radius 3 is 1.91 bits per heavy atom. The highest BCUT2D eigenvalue weighted by Gasteiger charge is 2.21. The predicted octanol–water partition coefficient (Wildman–Crippen LogP) is 12.4. The van der Waals surface area contributed by atoms with Crippen LogP contribution in [0.1, 0.15) is 32.9 Å². The molecule has 0 N–H and O–H groups in total. The number of hydrogen-bond donors (Lipinski definition) is 0. The third kappa shape index (κ3) is 3.29. The minimum Gasteiger partial charge on any atom is -0.0888 e. The van der Waals surface area contributed by atoms with Crippen LogP contribution in [0.4, 0.5) is 0 Å². The van der Waals surface area contributed by atoms with Gasteiger partial charge in [0.25, 0.3) is 0 Å². The topological polar surface area (TPSA) is 0 Å². The van der Waals surface area contributed by atoms with Crippen molar-refractivity contribution in [2.45, 2.75) is 9.79 Å². The molecule has 0 bridgehead atoms. The summed E-state index contributed by atoms with van der Waals surface area (Å²) in [6.45, 7) is 0. The van der Waals surface area contributed by atoms with Gasteiger partial charge >= 0.3 is 0 Å². The van der Waals surface area contributed by atoms with Gasteiger partial charge in [-0.1, -0.05) is 139 Å². The molecule has 10 rings (SSSR count). The van der Waals surface area contributed by atoms with Gasteiger partial charge in [0, 0.05) is 15.2 Å². The summed E-state index contributed by atoms with van der Waals surface area (Å²) >= 11 is 0.668. The smallest absolute Gasteiger partial charge is 0.0636 e. The molecule has 0 atom stereocenters. The summed E-state index contributed by atoms with van der Waals surface area (Å²) in [7, 11) is 0. The average molecular weight is 585 g/mol. The van der Waals surface area contributed by atoms with Crippen molar-refractivity contribution in [1.82, 2.24) is 0 Å². The first-order chi connectivity index (χ1) is 31.3. The summed E-state index contributed by atoms with van der Waals surface area (Å²) < 4.78 is 216. The van der Waals surface area contributed by atoms with Gasteiger partial charge in [-0.05, 0) is 100.0 Å². The van der Waals surface area contributed by atoms with E-state index in [0.29, 0.717) is 11.8 Å². The molecule has 9 aromatic carbocycles. The summed E-state index contributed by atoms with van der Waals surface area (Å²) in [5.74, 6) is 0. The lowest BCUT2D eigenvalue weighted by molar-refractivity contribution is 1.40. The van der Waals surface area contributed by atoms with Crippen molar-refractivity contribution < 1.29 is 32.9 Å². The molecule has 0 radical (unpaired) electrons. The Balaban J connectivity index is 1.41. The Morgan fingerprint density at radius 2 is 0.977 bits per heavy atom. The number of rotatable bonds is 2. The third-order valence-corrected chi connectivity index (χ3v) is 8.53. The van der Waals surface area contributed by atoms with E-state index in [2.05, 4.69) is 0 Å². The zero-order valence-electron chi connectivity index (χ0n) is 45.4. The quantitative estimate of drug-likeness (QED) is 0.182. The van der Waals surface area contributed by atoms with Gasteiger partial charge in [-0.25, -0.2) is 0 Å². The summed E-state index contributed by atoms with van der Waals surface area (Å²) in [5.41, 5.74) is -2.96. The van der Waals surface area contributed by atoms with Crippen LogP contribution in [-0.2, 0) is 0 Å². The fraction of sp³-hybridized carbons (Fsp3) is 0. The highest BCUT2D eigenvalue weighted by Crippen LogP contribution is 2.50. The Bertz CT molecular complexity index is 3910. The van der Waals surface area contributed by atoms with Gasteiger partial charge in [0.05, 0.1) is 32.9 Å². The molecule has 198 valence electrons. The van der Waals surface area contributed by atoms with Crippen LogP contribution >= 0.6 is 11.8 Å². The molecule has 9 aromatic rings. The molecule has 43 heavy (non-hydrogen) atoms. The van der Waals surface area contributed by atoms with Crippen molar-refractivity contribution in [2.24, 2.45) is 0 Å². The summed E-state index contributed by atoms with van der Waals surface area (Å²) in [4.78, 5) is -0.257. The van der Waals surface area contributed by atoms with E-state index in [1.807, 2.05) is 0 Å². The fourth-order valence-electron chi connectivity index (χ4n) is 5.64. The third-order valence-electron chi connectivity index (χ3n) is 7.51. The van der Waals surface area contributed by atoms with Crippen molar-refractivity contribution in [3.8, 4) is 33.4 Å². The molecule has 0 amide bonds. The van der Waals surface area contributed by atoms with Crippen LogP contribution in [-0.4, -0.2) is 0 Å². The van der Waals surface area contributed by atoms with Crippen LogP contribution in [0.5, 0.6) is 0 Å². The van der Waals surface area contributed by atoms with Crippen LogP contribution in [0.3, 0.4) is 0 Å². The van der Waals surface area contributed by atoms with Crippen molar-refractivity contribution in [1.29, 1.82) is 0 Å². The maximum absolute atomic E-state index is 9.69. The lowest BCUT2D eigenvalue weighted by atomic mass is 9.88. The van der Waals surface area contributed by atoms with E-state index in [9.17, 15) is 12.3 Å². The summed E-state index contributed by atoms with van der Waals surface area (Å²) in [5, 5.41) is -3.88. The maximum atomic E-state index is 9.69. The van der Waals surface area contributed by atoms with Crippen molar-refractivity contribution in [3.63, 3.8) is 0 Å². The Kier molecular flexibility index (Phi) is 2.08. The summed E-state index contributed by atoms with van der Waals surface area (Å²) in [6, 6.07) is -17.9. The van der Waals surface area contributed by atoms with Gasteiger partial charge in [0.15, 0.2) is 0 Å². The Morgan fingerprint density at radius 1 is 0.349 bits per heavy atom. The highest BCUT2D eigenvalue weighted by atomic mass is 32.2. The van der Waals surface area contributed by atoms with E-state index < -0.39 is 194 Å². The SMILES string of the molecule is [2H]c1c([2H])c([2H])c2c(c1[2H])Sc1c([2H])c([2H])c(-c3c([2H])c([2H])c([2H])c4c([2H])c(-c5c([2H])c([2H])c6c([2H])c([2H])c7c([2H])c([2H])c([2H])c8c([2H])c([2H])c5c6c78)c([2H])c([2H])c34)c3c([2H])c([2H])c([2H])c-2c13.